The molecule has 0 fully saturated rings. The zero-order chi connectivity index (χ0) is 17.2. The van der Waals surface area contributed by atoms with E-state index in [-0.39, 0.29) is 5.02 Å². The minimum absolute atomic E-state index is 0.143. The van der Waals surface area contributed by atoms with Gasteiger partial charge in [0.1, 0.15) is 10.7 Å². The predicted octanol–water partition coefficient (Wildman–Crippen LogP) is 4.61. The first-order valence-corrected chi connectivity index (χ1v) is 9.77. The van der Waals surface area contributed by atoms with Crippen LogP contribution < -0.4 is 4.72 Å². The molecule has 1 heterocycles. The monoisotopic (exact) mass is 381 g/mol. The standard InChI is InChI=1S/C17H13ClFNO2S2/c18-13-8-9-16(14(19)11-13)24(21,22)20-17(15-7-4-10-23-15)12-5-2-1-3-6-12/h1-11,17,20H. The number of sulfonamides is 1. The molecule has 3 nitrogen and oxygen atoms in total. The van der Waals surface area contributed by atoms with Gasteiger partial charge in [0.05, 0.1) is 6.04 Å². The first-order valence-electron chi connectivity index (χ1n) is 7.03. The first-order chi connectivity index (χ1) is 11.5. The molecule has 0 aliphatic carbocycles. The van der Waals surface area contributed by atoms with Crippen LogP contribution in [0.2, 0.25) is 5.02 Å². The Morgan fingerprint density at radius 1 is 1.04 bits per heavy atom. The van der Waals surface area contributed by atoms with Gasteiger partial charge in [-0.2, -0.15) is 4.72 Å². The average Bonchev–Trinajstić information content (AvgIpc) is 3.07. The van der Waals surface area contributed by atoms with Gasteiger partial charge in [0.25, 0.3) is 0 Å². The summed E-state index contributed by atoms with van der Waals surface area (Å²) in [6, 6.07) is 15.7. The summed E-state index contributed by atoms with van der Waals surface area (Å²) in [4.78, 5) is 0.392. The van der Waals surface area contributed by atoms with Crippen LogP contribution in [0.15, 0.2) is 70.9 Å². The van der Waals surface area contributed by atoms with Gasteiger partial charge in [0.2, 0.25) is 10.0 Å². The maximum atomic E-state index is 14.0. The van der Waals surface area contributed by atoms with Crippen molar-refractivity contribution < 1.29 is 12.8 Å². The Labute approximate surface area is 148 Å². The molecule has 7 heteroatoms. The second kappa shape index (κ2) is 7.03. The third-order valence-electron chi connectivity index (χ3n) is 3.42. The summed E-state index contributed by atoms with van der Waals surface area (Å²) in [6.45, 7) is 0. The highest BCUT2D eigenvalue weighted by Crippen LogP contribution is 2.28. The maximum absolute atomic E-state index is 14.0. The van der Waals surface area contributed by atoms with Gasteiger partial charge in [-0.05, 0) is 35.2 Å². The quantitative estimate of drug-likeness (QED) is 0.701. The Morgan fingerprint density at radius 2 is 1.79 bits per heavy atom. The second-order valence-electron chi connectivity index (χ2n) is 5.06. The van der Waals surface area contributed by atoms with E-state index in [1.807, 2.05) is 47.8 Å². The zero-order valence-electron chi connectivity index (χ0n) is 12.3. The molecule has 0 bridgehead atoms. The molecule has 1 unspecified atom stereocenters. The number of benzene rings is 2. The van der Waals surface area contributed by atoms with Crippen molar-refractivity contribution in [2.24, 2.45) is 0 Å². The average molecular weight is 382 g/mol. The Balaban J connectivity index is 2.01. The van der Waals surface area contributed by atoms with Crippen LogP contribution in [0.25, 0.3) is 0 Å². The predicted molar refractivity (Wildman–Crippen MR) is 94.3 cm³/mol. The fraction of sp³-hybridized carbons (Fsp3) is 0.0588. The Kier molecular flexibility index (Phi) is 5.01. The van der Waals surface area contributed by atoms with E-state index in [1.165, 1.54) is 17.4 Å². The van der Waals surface area contributed by atoms with Crippen molar-refractivity contribution in [1.82, 2.24) is 4.72 Å². The van der Waals surface area contributed by atoms with Gasteiger partial charge in [-0.25, -0.2) is 12.8 Å². The summed E-state index contributed by atoms with van der Waals surface area (Å²) in [5.41, 5.74) is 0.776. The summed E-state index contributed by atoms with van der Waals surface area (Å²) in [7, 11) is -4.06. The van der Waals surface area contributed by atoms with E-state index in [9.17, 15) is 12.8 Å². The van der Waals surface area contributed by atoms with Gasteiger partial charge >= 0.3 is 0 Å². The van der Waals surface area contributed by atoms with Crippen molar-refractivity contribution in [3.63, 3.8) is 0 Å². The van der Waals surface area contributed by atoms with Crippen molar-refractivity contribution >= 4 is 33.0 Å². The van der Waals surface area contributed by atoms with Crippen molar-refractivity contribution in [3.8, 4) is 0 Å². The van der Waals surface area contributed by atoms with Crippen LogP contribution in [-0.2, 0) is 10.0 Å². The number of hydrogen-bond donors (Lipinski definition) is 1. The molecule has 3 rings (SSSR count). The van der Waals surface area contributed by atoms with Crippen molar-refractivity contribution in [1.29, 1.82) is 0 Å². The van der Waals surface area contributed by atoms with Crippen LogP contribution in [0.1, 0.15) is 16.5 Å². The Morgan fingerprint density at radius 3 is 2.42 bits per heavy atom. The highest BCUT2D eigenvalue weighted by Gasteiger charge is 2.26. The SMILES string of the molecule is O=S(=O)(NC(c1ccccc1)c1cccs1)c1ccc(Cl)cc1F. The molecule has 0 aliphatic rings. The molecular weight excluding hydrogens is 369 g/mol. The third kappa shape index (κ3) is 3.67. The van der Waals surface area contributed by atoms with Crippen LogP contribution in [-0.4, -0.2) is 8.42 Å². The summed E-state index contributed by atoms with van der Waals surface area (Å²) >= 11 is 7.12. The molecule has 0 spiro atoms. The number of halogens is 2. The summed E-state index contributed by atoms with van der Waals surface area (Å²) in [5, 5.41) is 2.01. The zero-order valence-corrected chi connectivity index (χ0v) is 14.7. The molecule has 0 radical (unpaired) electrons. The van der Waals surface area contributed by atoms with Crippen molar-refractivity contribution in [2.75, 3.05) is 0 Å². The van der Waals surface area contributed by atoms with E-state index in [0.717, 1.165) is 22.6 Å². The molecule has 0 aliphatic heterocycles. The minimum atomic E-state index is -4.06. The fourth-order valence-electron chi connectivity index (χ4n) is 2.30. The van der Waals surface area contributed by atoms with Crippen LogP contribution in [0, 0.1) is 5.82 Å². The van der Waals surface area contributed by atoms with Crippen molar-refractivity contribution in [3.05, 3.63) is 87.3 Å². The van der Waals surface area contributed by atoms with Crippen LogP contribution in [0.4, 0.5) is 4.39 Å². The third-order valence-corrected chi connectivity index (χ3v) is 6.05. The van der Waals surface area contributed by atoms with Crippen LogP contribution in [0.3, 0.4) is 0 Å². The molecule has 0 saturated heterocycles. The molecule has 0 amide bonds. The largest absolute Gasteiger partial charge is 0.244 e. The molecule has 124 valence electrons. The van der Waals surface area contributed by atoms with Gasteiger partial charge in [-0.3, -0.25) is 0 Å². The first kappa shape index (κ1) is 17.1. The van der Waals surface area contributed by atoms with Gasteiger partial charge < -0.3 is 0 Å². The summed E-state index contributed by atoms with van der Waals surface area (Å²) < 4.78 is 41.9. The maximum Gasteiger partial charge on any atom is 0.244 e. The van der Waals surface area contributed by atoms with E-state index in [2.05, 4.69) is 4.72 Å². The molecule has 24 heavy (non-hydrogen) atoms. The Hall–Kier alpha value is -1.73. The lowest BCUT2D eigenvalue weighted by Crippen LogP contribution is -2.29. The highest BCUT2D eigenvalue weighted by molar-refractivity contribution is 7.89. The highest BCUT2D eigenvalue weighted by atomic mass is 35.5. The lowest BCUT2D eigenvalue weighted by molar-refractivity contribution is 0.551. The number of hydrogen-bond acceptors (Lipinski definition) is 3. The number of rotatable bonds is 5. The fourth-order valence-corrected chi connectivity index (χ4v) is 4.60. The number of nitrogens with one attached hydrogen (secondary N) is 1. The molecule has 0 saturated carbocycles. The van der Waals surface area contributed by atoms with Gasteiger partial charge in [0.15, 0.2) is 0 Å². The molecule has 1 aromatic heterocycles. The molecular formula is C17H13ClFNO2S2. The van der Waals surface area contributed by atoms with Crippen molar-refractivity contribution in [2.45, 2.75) is 10.9 Å². The summed E-state index contributed by atoms with van der Waals surface area (Å²) in [5.74, 6) is -0.881. The van der Waals surface area contributed by atoms with E-state index < -0.39 is 26.8 Å². The molecule has 2 aromatic carbocycles. The lowest BCUT2D eigenvalue weighted by Gasteiger charge is -2.18. The molecule has 3 aromatic rings. The van der Waals surface area contributed by atoms with E-state index >= 15 is 0 Å². The van der Waals surface area contributed by atoms with Crippen LogP contribution >= 0.6 is 22.9 Å². The van der Waals surface area contributed by atoms with E-state index in [0.29, 0.717) is 0 Å². The lowest BCUT2D eigenvalue weighted by atomic mass is 10.1. The minimum Gasteiger partial charge on any atom is -0.207 e. The Bertz CT molecular complexity index is 928. The van der Waals surface area contributed by atoms with Gasteiger partial charge in [-0.1, -0.05) is 48.0 Å². The molecule has 1 atom stereocenters. The second-order valence-corrected chi connectivity index (χ2v) is 8.15. The van der Waals surface area contributed by atoms with Gasteiger partial charge in [-0.15, -0.1) is 11.3 Å². The van der Waals surface area contributed by atoms with E-state index in [4.69, 9.17) is 11.6 Å². The number of thiophene rings is 1. The molecule has 1 N–H and O–H groups in total. The van der Waals surface area contributed by atoms with Gasteiger partial charge in [0, 0.05) is 9.90 Å². The van der Waals surface area contributed by atoms with E-state index in [1.54, 1.807) is 0 Å². The topological polar surface area (TPSA) is 46.2 Å². The normalized spacial score (nSPS) is 12.9. The summed E-state index contributed by atoms with van der Waals surface area (Å²) in [6.07, 6.45) is 0. The van der Waals surface area contributed by atoms with Crippen LogP contribution in [0.5, 0.6) is 0 Å². The smallest absolute Gasteiger partial charge is 0.207 e.